The third kappa shape index (κ3) is 6.79. The molecule has 2 unspecified atom stereocenters. The molecule has 0 aromatic heterocycles. The van der Waals surface area contributed by atoms with E-state index in [1.54, 1.807) is 19.2 Å². The molecule has 1 amide bonds. The maximum Gasteiger partial charge on any atom is 0.254 e. The molecule has 2 aromatic rings. The lowest BCUT2D eigenvalue weighted by Crippen LogP contribution is -2.48. The molecule has 0 radical (unpaired) electrons. The molecule has 166 valence electrons. The van der Waals surface area contributed by atoms with Crippen LogP contribution in [0.5, 0.6) is 0 Å². The van der Waals surface area contributed by atoms with Gasteiger partial charge in [-0.25, -0.2) is 4.39 Å². The van der Waals surface area contributed by atoms with Crippen LogP contribution < -0.4 is 10.6 Å². The Labute approximate surface area is 183 Å². The Morgan fingerprint density at radius 3 is 2.45 bits per heavy atom. The fourth-order valence-corrected chi connectivity index (χ4v) is 3.72. The molecule has 31 heavy (non-hydrogen) atoms. The average Bonchev–Trinajstić information content (AvgIpc) is 2.75. The molecule has 1 heterocycles. The second-order valence-corrected chi connectivity index (χ2v) is 7.90. The van der Waals surface area contributed by atoms with Gasteiger partial charge in [0.2, 0.25) is 0 Å². The minimum absolute atomic E-state index is 0.0383. The van der Waals surface area contributed by atoms with Gasteiger partial charge in [-0.15, -0.1) is 0 Å². The molecule has 0 bridgehead atoms. The predicted octanol–water partition coefficient (Wildman–Crippen LogP) is 2.98. The number of hydrogen-bond donors (Lipinski definition) is 2. The number of aliphatic imine (C=N–C) groups is 1. The zero-order valence-corrected chi connectivity index (χ0v) is 18.4. The van der Waals surface area contributed by atoms with Crippen molar-refractivity contribution >= 4 is 11.9 Å². The van der Waals surface area contributed by atoms with Crippen LogP contribution in [-0.4, -0.2) is 55.7 Å². The number of nitrogens with zero attached hydrogens (tertiary/aromatic N) is 2. The Bertz CT molecular complexity index is 891. The Morgan fingerprint density at radius 1 is 1.10 bits per heavy atom. The quantitative estimate of drug-likeness (QED) is 0.551. The summed E-state index contributed by atoms with van der Waals surface area (Å²) in [5.74, 6) is 0.490. The van der Waals surface area contributed by atoms with Crippen molar-refractivity contribution in [2.24, 2.45) is 4.99 Å². The van der Waals surface area contributed by atoms with Gasteiger partial charge >= 0.3 is 0 Å². The van der Waals surface area contributed by atoms with Gasteiger partial charge in [0.05, 0.1) is 12.2 Å². The summed E-state index contributed by atoms with van der Waals surface area (Å²) in [6.45, 7) is 6.44. The van der Waals surface area contributed by atoms with Crippen LogP contribution >= 0.6 is 0 Å². The minimum Gasteiger partial charge on any atom is -0.372 e. The number of nitrogens with one attached hydrogen (secondary N) is 2. The normalized spacial score (nSPS) is 19.2. The van der Waals surface area contributed by atoms with E-state index in [4.69, 9.17) is 4.74 Å². The van der Waals surface area contributed by atoms with Gasteiger partial charge < -0.3 is 20.3 Å². The fraction of sp³-hybridized carbons (Fsp3) is 0.417. The highest BCUT2D eigenvalue weighted by Crippen LogP contribution is 2.15. The average molecular weight is 427 g/mol. The zero-order valence-electron chi connectivity index (χ0n) is 18.4. The first-order valence-corrected chi connectivity index (χ1v) is 10.7. The number of carbonyl (C=O) groups excluding carboxylic acids is 1. The predicted molar refractivity (Wildman–Crippen MR) is 121 cm³/mol. The molecule has 6 nitrogen and oxygen atoms in total. The number of morpholine rings is 1. The van der Waals surface area contributed by atoms with E-state index in [1.807, 2.05) is 49.1 Å². The summed E-state index contributed by atoms with van der Waals surface area (Å²) in [6, 6.07) is 14.2. The number of carbonyl (C=O) groups is 1. The SMILES string of the molecule is CN=C(NCCc1cccc(F)c1)NCc1ccc(C(=O)N2CC(C)OC(C)C2)cc1. The molecule has 2 atom stereocenters. The van der Waals surface area contributed by atoms with Crippen molar-refractivity contribution < 1.29 is 13.9 Å². The highest BCUT2D eigenvalue weighted by molar-refractivity contribution is 5.94. The van der Waals surface area contributed by atoms with E-state index >= 15 is 0 Å². The summed E-state index contributed by atoms with van der Waals surface area (Å²) in [4.78, 5) is 18.9. The summed E-state index contributed by atoms with van der Waals surface area (Å²) in [5.41, 5.74) is 2.67. The third-order valence-corrected chi connectivity index (χ3v) is 5.19. The monoisotopic (exact) mass is 426 g/mol. The topological polar surface area (TPSA) is 66.0 Å². The Morgan fingerprint density at radius 2 is 1.81 bits per heavy atom. The lowest BCUT2D eigenvalue weighted by molar-refractivity contribution is -0.0586. The van der Waals surface area contributed by atoms with Crippen molar-refractivity contribution in [1.82, 2.24) is 15.5 Å². The standard InChI is InChI=1S/C24H31FN4O2/c1-17-15-29(16-18(2)31-17)23(30)21-9-7-20(8-10-21)14-28-24(26-3)27-12-11-19-5-4-6-22(25)13-19/h4-10,13,17-18H,11-12,14-16H2,1-3H3,(H2,26,27,28). The van der Waals surface area contributed by atoms with Gasteiger partial charge in [0.15, 0.2) is 5.96 Å². The van der Waals surface area contributed by atoms with Crippen molar-refractivity contribution in [3.05, 3.63) is 71.0 Å². The number of amides is 1. The highest BCUT2D eigenvalue weighted by atomic mass is 19.1. The van der Waals surface area contributed by atoms with Gasteiger partial charge in [0, 0.05) is 38.8 Å². The smallest absolute Gasteiger partial charge is 0.254 e. The van der Waals surface area contributed by atoms with E-state index in [-0.39, 0.29) is 23.9 Å². The number of guanidine groups is 1. The van der Waals surface area contributed by atoms with Crippen LogP contribution in [0.4, 0.5) is 4.39 Å². The van der Waals surface area contributed by atoms with Gasteiger partial charge in [0.25, 0.3) is 5.91 Å². The van der Waals surface area contributed by atoms with E-state index < -0.39 is 0 Å². The van der Waals surface area contributed by atoms with E-state index in [9.17, 15) is 9.18 Å². The van der Waals surface area contributed by atoms with Crippen LogP contribution in [-0.2, 0) is 17.7 Å². The summed E-state index contributed by atoms with van der Waals surface area (Å²) >= 11 is 0. The number of benzene rings is 2. The molecule has 1 saturated heterocycles. The van der Waals surface area contributed by atoms with Gasteiger partial charge in [0.1, 0.15) is 5.82 Å². The van der Waals surface area contributed by atoms with Gasteiger partial charge in [-0.2, -0.15) is 0 Å². The molecule has 3 rings (SSSR count). The summed E-state index contributed by atoms with van der Waals surface area (Å²) in [5, 5.41) is 6.49. The second kappa shape index (κ2) is 10.9. The van der Waals surface area contributed by atoms with E-state index in [0.29, 0.717) is 44.1 Å². The number of hydrogen-bond acceptors (Lipinski definition) is 3. The fourth-order valence-electron chi connectivity index (χ4n) is 3.72. The van der Waals surface area contributed by atoms with E-state index in [1.165, 1.54) is 6.07 Å². The second-order valence-electron chi connectivity index (χ2n) is 7.90. The van der Waals surface area contributed by atoms with E-state index in [2.05, 4.69) is 15.6 Å². The molecular formula is C24H31FN4O2. The molecule has 0 saturated carbocycles. The van der Waals surface area contributed by atoms with Crippen LogP contribution in [0.3, 0.4) is 0 Å². The van der Waals surface area contributed by atoms with E-state index in [0.717, 1.165) is 11.1 Å². The lowest BCUT2D eigenvalue weighted by atomic mass is 10.1. The van der Waals surface area contributed by atoms with Crippen LogP contribution in [0, 0.1) is 5.82 Å². The molecule has 0 spiro atoms. The van der Waals surface area contributed by atoms with Crippen molar-refractivity contribution in [1.29, 1.82) is 0 Å². The van der Waals surface area contributed by atoms with Gasteiger partial charge in [-0.05, 0) is 55.7 Å². The molecule has 1 aliphatic rings. The van der Waals surface area contributed by atoms with Crippen LogP contribution in [0.15, 0.2) is 53.5 Å². The number of halogens is 1. The maximum absolute atomic E-state index is 13.3. The zero-order chi connectivity index (χ0) is 22.2. The lowest BCUT2D eigenvalue weighted by Gasteiger charge is -2.35. The van der Waals surface area contributed by atoms with Crippen LogP contribution in [0.25, 0.3) is 0 Å². The summed E-state index contributed by atoms with van der Waals surface area (Å²) in [6.07, 6.45) is 0.807. The Hall–Kier alpha value is -2.93. The van der Waals surface area contributed by atoms with Crippen molar-refractivity contribution in [2.45, 2.75) is 39.0 Å². The maximum atomic E-state index is 13.3. The van der Waals surface area contributed by atoms with Crippen LogP contribution in [0.2, 0.25) is 0 Å². The molecule has 2 N–H and O–H groups in total. The molecule has 1 aliphatic heterocycles. The van der Waals surface area contributed by atoms with Crippen molar-refractivity contribution in [2.75, 3.05) is 26.7 Å². The van der Waals surface area contributed by atoms with Gasteiger partial charge in [-0.3, -0.25) is 9.79 Å². The Kier molecular flexibility index (Phi) is 8.00. The Balaban J connectivity index is 1.47. The number of rotatable bonds is 6. The molecule has 1 fully saturated rings. The molecule has 2 aromatic carbocycles. The molecule has 7 heteroatoms. The first-order chi connectivity index (χ1) is 14.9. The molecular weight excluding hydrogens is 395 g/mol. The molecule has 0 aliphatic carbocycles. The third-order valence-electron chi connectivity index (χ3n) is 5.19. The van der Waals surface area contributed by atoms with Crippen molar-refractivity contribution in [3.8, 4) is 0 Å². The minimum atomic E-state index is -0.223. The first-order valence-electron chi connectivity index (χ1n) is 10.7. The number of ether oxygens (including phenoxy) is 1. The first kappa shape index (κ1) is 22.7. The van der Waals surface area contributed by atoms with Gasteiger partial charge in [-0.1, -0.05) is 24.3 Å². The van der Waals surface area contributed by atoms with Crippen LogP contribution in [0.1, 0.15) is 35.3 Å². The largest absolute Gasteiger partial charge is 0.372 e. The highest BCUT2D eigenvalue weighted by Gasteiger charge is 2.26. The summed E-state index contributed by atoms with van der Waals surface area (Å²) < 4.78 is 19.0. The summed E-state index contributed by atoms with van der Waals surface area (Å²) in [7, 11) is 1.71. The van der Waals surface area contributed by atoms with Crippen molar-refractivity contribution in [3.63, 3.8) is 0 Å².